The van der Waals surface area contributed by atoms with Crippen molar-refractivity contribution in [3.63, 3.8) is 0 Å². The maximum absolute atomic E-state index is 13.8. The minimum Gasteiger partial charge on any atom is -0.493 e. The summed E-state index contributed by atoms with van der Waals surface area (Å²) in [6.07, 6.45) is 0. The number of nitrogens with two attached hydrogens (primary N) is 1. The molecule has 4 rings (SSSR count). The van der Waals surface area contributed by atoms with E-state index in [1.54, 1.807) is 36.4 Å². The van der Waals surface area contributed by atoms with E-state index in [0.717, 1.165) is 4.57 Å². The highest BCUT2D eigenvalue weighted by atomic mass is 16.5. The SMILES string of the molecule is COC(=O)c1c(-c2cc(OC)c(OC)c(OC)c2)c2ccccc2c(=O)n1-c1cc(N)cc(C(=O)O)c1. The summed E-state index contributed by atoms with van der Waals surface area (Å²) in [6, 6.07) is 14.0. The van der Waals surface area contributed by atoms with Gasteiger partial charge in [-0.2, -0.15) is 0 Å². The van der Waals surface area contributed by atoms with E-state index in [9.17, 15) is 19.5 Å². The second-order valence-corrected chi connectivity index (χ2v) is 7.93. The standard InChI is InChI=1S/C27H24N2O8/c1-34-20-11-14(12-21(35-2)24(20)36-3)22-18-7-5-6-8-19(18)25(30)29(23(22)27(33)37-4)17-10-15(26(31)32)9-16(28)13-17/h5-13H,28H2,1-4H3,(H,31,32). The van der Waals surface area contributed by atoms with Crippen molar-refractivity contribution in [3.05, 3.63) is 76.2 Å². The van der Waals surface area contributed by atoms with Crippen molar-refractivity contribution in [2.75, 3.05) is 34.2 Å². The van der Waals surface area contributed by atoms with E-state index in [1.165, 1.54) is 46.6 Å². The predicted molar refractivity (Wildman–Crippen MR) is 137 cm³/mol. The number of pyridine rings is 1. The molecule has 0 atom stereocenters. The number of ether oxygens (including phenoxy) is 4. The molecule has 3 aromatic carbocycles. The fraction of sp³-hybridized carbons (Fsp3) is 0.148. The largest absolute Gasteiger partial charge is 0.493 e. The number of fused-ring (bicyclic) bond motifs is 1. The fourth-order valence-electron chi connectivity index (χ4n) is 4.29. The van der Waals surface area contributed by atoms with Crippen LogP contribution in [0.2, 0.25) is 0 Å². The van der Waals surface area contributed by atoms with Crippen molar-refractivity contribution in [2.45, 2.75) is 0 Å². The second kappa shape index (κ2) is 9.94. The number of carbonyl (C=O) groups is 2. The van der Waals surface area contributed by atoms with Gasteiger partial charge in [-0.05, 0) is 47.3 Å². The molecule has 1 heterocycles. The lowest BCUT2D eigenvalue weighted by Gasteiger charge is -2.21. The summed E-state index contributed by atoms with van der Waals surface area (Å²) in [7, 11) is 5.58. The van der Waals surface area contributed by atoms with E-state index in [4.69, 9.17) is 24.7 Å². The third-order valence-corrected chi connectivity index (χ3v) is 5.87. The van der Waals surface area contributed by atoms with Crippen LogP contribution in [0.1, 0.15) is 20.8 Å². The first-order valence-electron chi connectivity index (χ1n) is 11.0. The highest BCUT2D eigenvalue weighted by molar-refractivity contribution is 6.07. The third kappa shape index (κ3) is 4.29. The van der Waals surface area contributed by atoms with E-state index < -0.39 is 17.5 Å². The Morgan fingerprint density at radius 3 is 2.03 bits per heavy atom. The Morgan fingerprint density at radius 1 is 0.865 bits per heavy atom. The molecule has 10 nitrogen and oxygen atoms in total. The minimum atomic E-state index is -1.24. The Bertz CT molecular complexity index is 1580. The maximum atomic E-state index is 13.8. The maximum Gasteiger partial charge on any atom is 0.355 e. The molecule has 0 fully saturated rings. The molecule has 0 spiro atoms. The van der Waals surface area contributed by atoms with Crippen molar-refractivity contribution in [2.24, 2.45) is 0 Å². The number of esters is 1. The molecule has 0 unspecified atom stereocenters. The number of rotatable bonds is 7. The molecular formula is C27H24N2O8. The minimum absolute atomic E-state index is 0.0854. The summed E-state index contributed by atoms with van der Waals surface area (Å²) in [5.74, 6) is -1.08. The average Bonchev–Trinajstić information content (AvgIpc) is 2.91. The fourth-order valence-corrected chi connectivity index (χ4v) is 4.29. The van der Waals surface area contributed by atoms with Gasteiger partial charge in [0.2, 0.25) is 5.75 Å². The number of aromatic nitrogens is 1. The molecule has 0 amide bonds. The van der Waals surface area contributed by atoms with E-state index in [0.29, 0.717) is 33.8 Å². The number of aromatic carboxylic acids is 1. The topological polar surface area (TPSA) is 139 Å². The van der Waals surface area contributed by atoms with Crippen LogP contribution < -0.4 is 25.5 Å². The molecule has 0 saturated heterocycles. The molecule has 0 radical (unpaired) electrons. The number of benzene rings is 3. The normalized spacial score (nSPS) is 10.7. The summed E-state index contributed by atoms with van der Waals surface area (Å²) in [5.41, 5.74) is 6.10. The molecule has 0 aliphatic rings. The van der Waals surface area contributed by atoms with Gasteiger partial charge in [0.25, 0.3) is 5.56 Å². The van der Waals surface area contributed by atoms with Crippen LogP contribution >= 0.6 is 0 Å². The van der Waals surface area contributed by atoms with Crippen LogP contribution in [0.5, 0.6) is 17.2 Å². The average molecular weight is 504 g/mol. The van der Waals surface area contributed by atoms with Crippen LogP contribution in [0.3, 0.4) is 0 Å². The molecule has 10 heteroatoms. The van der Waals surface area contributed by atoms with Crippen LogP contribution in [-0.2, 0) is 4.74 Å². The van der Waals surface area contributed by atoms with E-state index in [2.05, 4.69) is 0 Å². The summed E-state index contributed by atoms with van der Waals surface area (Å²) >= 11 is 0. The zero-order valence-corrected chi connectivity index (χ0v) is 20.5. The van der Waals surface area contributed by atoms with Crippen molar-refractivity contribution in [1.82, 2.24) is 4.57 Å². The number of hydrogen-bond acceptors (Lipinski definition) is 8. The Kier molecular flexibility index (Phi) is 6.75. The molecule has 3 N–H and O–H groups in total. The first kappa shape index (κ1) is 25.1. The van der Waals surface area contributed by atoms with Gasteiger partial charge in [-0.1, -0.05) is 18.2 Å². The molecule has 37 heavy (non-hydrogen) atoms. The monoisotopic (exact) mass is 504 g/mol. The van der Waals surface area contributed by atoms with Crippen molar-refractivity contribution < 1.29 is 33.6 Å². The van der Waals surface area contributed by atoms with Crippen molar-refractivity contribution >= 4 is 28.4 Å². The van der Waals surface area contributed by atoms with Gasteiger partial charge in [-0.25, -0.2) is 9.59 Å². The Labute approximate surface area is 211 Å². The van der Waals surface area contributed by atoms with Crippen LogP contribution in [0, 0.1) is 0 Å². The summed E-state index contributed by atoms with van der Waals surface area (Å²) < 4.78 is 22.6. The third-order valence-electron chi connectivity index (χ3n) is 5.87. The molecule has 0 bridgehead atoms. The number of hydrogen-bond donors (Lipinski definition) is 2. The molecule has 0 aliphatic heterocycles. The van der Waals surface area contributed by atoms with E-state index >= 15 is 0 Å². The molecule has 4 aromatic rings. The number of nitrogens with zero attached hydrogens (tertiary/aromatic N) is 1. The number of nitrogen functional groups attached to an aromatic ring is 1. The highest BCUT2D eigenvalue weighted by Crippen LogP contribution is 2.43. The molecule has 190 valence electrons. The lowest BCUT2D eigenvalue weighted by molar-refractivity contribution is 0.0591. The summed E-state index contributed by atoms with van der Waals surface area (Å²) in [5, 5.41) is 10.3. The molecular weight excluding hydrogens is 480 g/mol. The van der Waals surface area contributed by atoms with Crippen LogP contribution in [-0.4, -0.2) is 50.1 Å². The zero-order chi connectivity index (χ0) is 26.9. The van der Waals surface area contributed by atoms with Gasteiger partial charge in [0.15, 0.2) is 11.5 Å². The predicted octanol–water partition coefficient (Wildman–Crippen LogP) is 3.75. The number of methoxy groups -OCH3 is 4. The van der Waals surface area contributed by atoms with Gasteiger partial charge in [0, 0.05) is 16.6 Å². The van der Waals surface area contributed by atoms with Crippen molar-refractivity contribution in [3.8, 4) is 34.1 Å². The smallest absolute Gasteiger partial charge is 0.355 e. The Hall–Kier alpha value is -4.99. The molecule has 0 aliphatic carbocycles. The number of carbonyl (C=O) groups excluding carboxylic acids is 1. The van der Waals surface area contributed by atoms with Gasteiger partial charge in [0.05, 0.1) is 39.7 Å². The zero-order valence-electron chi connectivity index (χ0n) is 20.5. The first-order valence-corrected chi connectivity index (χ1v) is 11.0. The van der Waals surface area contributed by atoms with Crippen LogP contribution in [0.25, 0.3) is 27.6 Å². The van der Waals surface area contributed by atoms with Crippen LogP contribution in [0.15, 0.2) is 59.4 Å². The highest BCUT2D eigenvalue weighted by Gasteiger charge is 2.27. The summed E-state index contributed by atoms with van der Waals surface area (Å²) in [4.78, 5) is 38.8. The Morgan fingerprint density at radius 2 is 1.49 bits per heavy atom. The van der Waals surface area contributed by atoms with Crippen LogP contribution in [0.4, 0.5) is 5.69 Å². The first-order chi connectivity index (χ1) is 17.7. The number of carboxylic acid groups (broad SMARTS) is 1. The van der Waals surface area contributed by atoms with Gasteiger partial charge in [-0.15, -0.1) is 0 Å². The van der Waals surface area contributed by atoms with Gasteiger partial charge >= 0.3 is 11.9 Å². The quantitative estimate of drug-likeness (QED) is 0.284. The van der Waals surface area contributed by atoms with Gasteiger partial charge in [-0.3, -0.25) is 9.36 Å². The molecule has 1 aromatic heterocycles. The van der Waals surface area contributed by atoms with Crippen molar-refractivity contribution in [1.29, 1.82) is 0 Å². The second-order valence-electron chi connectivity index (χ2n) is 7.93. The lowest BCUT2D eigenvalue weighted by Crippen LogP contribution is -2.27. The van der Waals surface area contributed by atoms with E-state index in [1.807, 2.05) is 0 Å². The van der Waals surface area contributed by atoms with Gasteiger partial charge < -0.3 is 29.8 Å². The number of anilines is 1. The summed E-state index contributed by atoms with van der Waals surface area (Å²) in [6.45, 7) is 0. The Balaban J connectivity index is 2.25. The van der Waals surface area contributed by atoms with Gasteiger partial charge in [0.1, 0.15) is 5.69 Å². The number of carboxylic acids is 1. The lowest BCUT2D eigenvalue weighted by atomic mass is 9.95. The molecule has 0 saturated carbocycles. The van der Waals surface area contributed by atoms with E-state index in [-0.39, 0.29) is 28.0 Å².